The van der Waals surface area contributed by atoms with Crippen molar-refractivity contribution in [3.63, 3.8) is 0 Å². The lowest BCUT2D eigenvalue weighted by atomic mass is 10.1. The standard InChI is InChI=1S/C22H17ClF3N3O3/c1-31-18-8-7-13(12-15(18)22(24,25)26)28-21(30)14-4-2-6-17-19(14)32-11-10-29(17)20-16(23)5-3-9-27-20/h2-9,12H,10-11H2,1H3,(H,28,30). The number of nitrogens with zero attached hydrogens (tertiary/aromatic N) is 2. The molecule has 0 bridgehead atoms. The number of ether oxygens (including phenoxy) is 2. The molecule has 0 unspecified atom stereocenters. The molecule has 0 saturated heterocycles. The van der Waals surface area contributed by atoms with Crippen LogP contribution < -0.4 is 19.7 Å². The van der Waals surface area contributed by atoms with Gasteiger partial charge in [0.25, 0.3) is 5.91 Å². The second-order valence-electron chi connectivity index (χ2n) is 6.83. The summed E-state index contributed by atoms with van der Waals surface area (Å²) in [5.74, 6) is -0.142. The van der Waals surface area contributed by atoms with Gasteiger partial charge in [-0.25, -0.2) is 4.98 Å². The number of benzene rings is 2. The van der Waals surface area contributed by atoms with Crippen molar-refractivity contribution in [3.05, 3.63) is 70.9 Å². The highest BCUT2D eigenvalue weighted by molar-refractivity contribution is 6.33. The van der Waals surface area contributed by atoms with Crippen LogP contribution in [0.3, 0.4) is 0 Å². The number of fused-ring (bicyclic) bond motifs is 1. The van der Waals surface area contributed by atoms with Crippen molar-refractivity contribution in [2.75, 3.05) is 30.5 Å². The van der Waals surface area contributed by atoms with Crippen molar-refractivity contribution >= 4 is 34.7 Å². The molecule has 0 radical (unpaired) electrons. The number of aromatic nitrogens is 1. The summed E-state index contributed by atoms with van der Waals surface area (Å²) < 4.78 is 50.4. The Morgan fingerprint density at radius 1 is 1.22 bits per heavy atom. The van der Waals surface area contributed by atoms with Crippen LogP contribution in [0.1, 0.15) is 15.9 Å². The van der Waals surface area contributed by atoms with Crippen molar-refractivity contribution in [1.82, 2.24) is 4.98 Å². The quantitative estimate of drug-likeness (QED) is 0.550. The molecular weight excluding hydrogens is 447 g/mol. The van der Waals surface area contributed by atoms with E-state index in [1.807, 2.05) is 4.90 Å². The van der Waals surface area contributed by atoms with E-state index in [1.54, 1.807) is 30.5 Å². The van der Waals surface area contributed by atoms with Crippen LogP contribution in [0.25, 0.3) is 0 Å². The van der Waals surface area contributed by atoms with E-state index in [1.165, 1.54) is 12.1 Å². The number of amides is 1. The van der Waals surface area contributed by atoms with Gasteiger partial charge in [0.15, 0.2) is 11.6 Å². The molecule has 1 amide bonds. The van der Waals surface area contributed by atoms with Gasteiger partial charge in [-0.2, -0.15) is 13.2 Å². The molecule has 0 fully saturated rings. The third-order valence-corrected chi connectivity index (χ3v) is 5.14. The molecule has 6 nitrogen and oxygen atoms in total. The van der Waals surface area contributed by atoms with Gasteiger partial charge in [-0.3, -0.25) is 4.79 Å². The Hall–Kier alpha value is -3.46. The molecular formula is C22H17ClF3N3O3. The molecule has 1 N–H and O–H groups in total. The molecule has 0 spiro atoms. The summed E-state index contributed by atoms with van der Waals surface area (Å²) in [4.78, 5) is 19.1. The topological polar surface area (TPSA) is 63.7 Å². The highest BCUT2D eigenvalue weighted by Gasteiger charge is 2.35. The second-order valence-corrected chi connectivity index (χ2v) is 7.24. The van der Waals surface area contributed by atoms with E-state index in [-0.39, 0.29) is 23.6 Å². The predicted molar refractivity (Wildman–Crippen MR) is 114 cm³/mol. The Kier molecular flexibility index (Phi) is 5.84. The number of para-hydroxylation sites is 1. The third kappa shape index (κ3) is 4.16. The van der Waals surface area contributed by atoms with E-state index in [0.717, 1.165) is 19.2 Å². The van der Waals surface area contributed by atoms with Crippen molar-refractivity contribution in [3.8, 4) is 11.5 Å². The molecule has 10 heteroatoms. The number of rotatable bonds is 4. The van der Waals surface area contributed by atoms with Gasteiger partial charge in [0.05, 0.1) is 35.5 Å². The van der Waals surface area contributed by atoms with Crippen molar-refractivity contribution in [2.45, 2.75) is 6.18 Å². The molecule has 32 heavy (non-hydrogen) atoms. The number of methoxy groups -OCH3 is 1. The van der Waals surface area contributed by atoms with Crippen LogP contribution in [-0.2, 0) is 6.18 Å². The fourth-order valence-corrected chi connectivity index (χ4v) is 3.65. The zero-order chi connectivity index (χ0) is 22.9. The number of carbonyl (C=O) groups excluding carboxylic acids is 1. The Morgan fingerprint density at radius 2 is 2.03 bits per heavy atom. The Balaban J connectivity index is 1.67. The molecule has 4 rings (SSSR count). The molecule has 2 heterocycles. The summed E-state index contributed by atoms with van der Waals surface area (Å²) in [5.41, 5.74) is -0.264. The highest BCUT2D eigenvalue weighted by Crippen LogP contribution is 2.41. The van der Waals surface area contributed by atoms with Crippen LogP contribution in [0.5, 0.6) is 11.5 Å². The maximum atomic E-state index is 13.3. The van der Waals surface area contributed by atoms with Crippen LogP contribution in [0.15, 0.2) is 54.7 Å². The van der Waals surface area contributed by atoms with Crippen molar-refractivity contribution in [1.29, 1.82) is 0 Å². The van der Waals surface area contributed by atoms with Crippen LogP contribution in [0, 0.1) is 0 Å². The number of hydrogen-bond acceptors (Lipinski definition) is 5. The Morgan fingerprint density at radius 3 is 2.75 bits per heavy atom. The SMILES string of the molecule is COc1ccc(NC(=O)c2cccc3c2OCCN3c2ncccc2Cl)cc1C(F)(F)F. The van der Waals surface area contributed by atoms with Gasteiger partial charge in [-0.05, 0) is 42.5 Å². The van der Waals surface area contributed by atoms with Crippen molar-refractivity contribution in [2.24, 2.45) is 0 Å². The fourth-order valence-electron chi connectivity index (χ4n) is 3.43. The minimum Gasteiger partial charge on any atom is -0.496 e. The van der Waals surface area contributed by atoms with Crippen LogP contribution in [0.2, 0.25) is 5.02 Å². The molecule has 1 aromatic heterocycles. The molecule has 0 aliphatic carbocycles. The first-order valence-corrected chi connectivity index (χ1v) is 9.88. The zero-order valence-corrected chi connectivity index (χ0v) is 17.5. The van der Waals surface area contributed by atoms with Crippen LogP contribution in [0.4, 0.5) is 30.4 Å². The number of halogens is 4. The van der Waals surface area contributed by atoms with Crippen molar-refractivity contribution < 1.29 is 27.4 Å². The summed E-state index contributed by atoms with van der Waals surface area (Å²) in [5, 5.41) is 2.94. The van der Waals surface area contributed by atoms with Gasteiger partial charge in [0.2, 0.25) is 0 Å². The highest BCUT2D eigenvalue weighted by atomic mass is 35.5. The van der Waals surface area contributed by atoms with Gasteiger partial charge in [0.1, 0.15) is 12.4 Å². The first kappa shape index (κ1) is 21.8. The van der Waals surface area contributed by atoms with E-state index in [0.29, 0.717) is 28.8 Å². The largest absolute Gasteiger partial charge is 0.496 e. The smallest absolute Gasteiger partial charge is 0.420 e. The third-order valence-electron chi connectivity index (χ3n) is 4.85. The van der Waals surface area contributed by atoms with E-state index < -0.39 is 17.6 Å². The molecule has 2 aromatic carbocycles. The minimum atomic E-state index is -4.64. The number of nitrogens with one attached hydrogen (secondary N) is 1. The normalized spacial score (nSPS) is 13.2. The van der Waals surface area contributed by atoms with Gasteiger partial charge in [-0.1, -0.05) is 17.7 Å². The second kappa shape index (κ2) is 8.58. The summed E-state index contributed by atoms with van der Waals surface area (Å²) >= 11 is 6.28. The van der Waals surface area contributed by atoms with E-state index >= 15 is 0 Å². The maximum absolute atomic E-state index is 13.3. The monoisotopic (exact) mass is 463 g/mol. The Labute approximate surface area is 186 Å². The lowest BCUT2D eigenvalue weighted by molar-refractivity contribution is -0.138. The lowest BCUT2D eigenvalue weighted by Crippen LogP contribution is -2.30. The molecule has 0 atom stereocenters. The van der Waals surface area contributed by atoms with Crippen LogP contribution >= 0.6 is 11.6 Å². The van der Waals surface area contributed by atoms with E-state index in [4.69, 9.17) is 21.1 Å². The zero-order valence-electron chi connectivity index (χ0n) is 16.7. The van der Waals surface area contributed by atoms with E-state index in [9.17, 15) is 18.0 Å². The average molecular weight is 464 g/mol. The molecule has 0 saturated carbocycles. The number of carbonyl (C=O) groups is 1. The van der Waals surface area contributed by atoms with Crippen LogP contribution in [-0.4, -0.2) is 31.2 Å². The summed E-state index contributed by atoms with van der Waals surface area (Å²) in [6.07, 6.45) is -3.03. The van der Waals surface area contributed by atoms with Gasteiger partial charge in [-0.15, -0.1) is 0 Å². The molecule has 3 aromatic rings. The number of alkyl halides is 3. The van der Waals surface area contributed by atoms with Gasteiger partial charge < -0.3 is 19.7 Å². The van der Waals surface area contributed by atoms with Gasteiger partial charge in [0, 0.05) is 11.9 Å². The summed E-state index contributed by atoms with van der Waals surface area (Å²) in [7, 11) is 1.15. The average Bonchev–Trinajstić information content (AvgIpc) is 2.78. The number of hydrogen-bond donors (Lipinski definition) is 1. The number of pyridine rings is 1. The first-order valence-electron chi connectivity index (χ1n) is 9.50. The first-order chi connectivity index (χ1) is 15.3. The predicted octanol–water partition coefficient (Wildman–Crippen LogP) is 5.55. The lowest BCUT2D eigenvalue weighted by Gasteiger charge is -2.31. The van der Waals surface area contributed by atoms with E-state index in [2.05, 4.69) is 10.3 Å². The summed E-state index contributed by atoms with van der Waals surface area (Å²) in [6.45, 7) is 0.729. The molecule has 1 aliphatic rings. The Bertz CT molecular complexity index is 1170. The minimum absolute atomic E-state index is 0.0267. The maximum Gasteiger partial charge on any atom is 0.420 e. The molecule has 166 valence electrons. The fraction of sp³-hybridized carbons (Fsp3) is 0.182. The summed E-state index contributed by atoms with van der Waals surface area (Å²) in [6, 6.07) is 11.7. The number of anilines is 3. The molecule has 1 aliphatic heterocycles. The van der Waals surface area contributed by atoms with Gasteiger partial charge >= 0.3 is 6.18 Å².